The molecule has 0 bridgehead atoms. The van der Waals surface area contributed by atoms with E-state index in [1.165, 1.54) is 0 Å². The first-order valence-electron chi connectivity index (χ1n) is 11.6. The lowest BCUT2D eigenvalue weighted by molar-refractivity contribution is -0.160. The summed E-state index contributed by atoms with van der Waals surface area (Å²) in [7, 11) is 1.66. The van der Waals surface area contributed by atoms with Gasteiger partial charge in [-0.1, -0.05) is 0 Å². The topological polar surface area (TPSA) is 99.8 Å². The van der Waals surface area contributed by atoms with Gasteiger partial charge in [-0.05, 0) is 51.6 Å². The highest BCUT2D eigenvalue weighted by Crippen LogP contribution is 2.45. The summed E-state index contributed by atoms with van der Waals surface area (Å²) in [5, 5.41) is 3.32. The number of methoxy groups -OCH3 is 1. The number of fused-ring (bicyclic) bond motifs is 2. The molecule has 0 radical (unpaired) electrons. The average Bonchev–Trinajstić information content (AvgIpc) is 3.18. The predicted octanol–water partition coefficient (Wildman–Crippen LogP) is 0.182. The zero-order chi connectivity index (χ0) is 21.5. The number of nitrogens with one attached hydrogen (secondary N) is 2. The van der Waals surface area contributed by atoms with Crippen LogP contribution in [0.2, 0.25) is 0 Å². The van der Waals surface area contributed by atoms with E-state index in [0.717, 1.165) is 63.1 Å². The number of carbonyl (C=O) groups excluding carboxylic acids is 1. The number of H-pyrrole nitrogens is 1. The van der Waals surface area contributed by atoms with Crippen LogP contribution in [-0.2, 0) is 26.1 Å². The smallest absolute Gasteiger partial charge is 0.255 e. The van der Waals surface area contributed by atoms with Crippen LogP contribution < -0.4 is 15.8 Å². The second kappa shape index (κ2) is 8.18. The maximum Gasteiger partial charge on any atom is 0.255 e. The number of hydrogen-bond donors (Lipinski definition) is 2. The van der Waals surface area contributed by atoms with E-state index in [2.05, 4.69) is 15.2 Å². The van der Waals surface area contributed by atoms with E-state index in [1.807, 2.05) is 4.90 Å². The number of likely N-dealkylation sites (tertiary alicyclic amines) is 1. The zero-order valence-corrected chi connectivity index (χ0v) is 18.4. The highest BCUT2D eigenvalue weighted by atomic mass is 16.5. The number of rotatable bonds is 3. The molecule has 3 fully saturated rings. The van der Waals surface area contributed by atoms with Crippen LogP contribution in [0.3, 0.4) is 0 Å². The number of aromatic amines is 1. The summed E-state index contributed by atoms with van der Waals surface area (Å²) in [4.78, 5) is 38.2. The number of aromatic nitrogens is 2. The van der Waals surface area contributed by atoms with Gasteiger partial charge in [0.25, 0.3) is 11.5 Å². The SMILES string of the molecule is COC1(C(=O)N2CCC3(CCc4c3nc(N3CCOCC3)[nH]c4=O)CC2)CCNCC1. The van der Waals surface area contributed by atoms with Crippen LogP contribution in [0.1, 0.15) is 43.4 Å². The van der Waals surface area contributed by atoms with E-state index >= 15 is 0 Å². The normalized spacial score (nSPS) is 24.9. The monoisotopic (exact) mass is 431 g/mol. The first-order valence-corrected chi connectivity index (χ1v) is 11.6. The van der Waals surface area contributed by atoms with Crippen molar-refractivity contribution >= 4 is 11.9 Å². The molecule has 170 valence electrons. The lowest BCUT2D eigenvalue weighted by atomic mass is 9.75. The Bertz CT molecular complexity index is 880. The molecule has 4 heterocycles. The molecule has 9 heteroatoms. The van der Waals surface area contributed by atoms with Crippen molar-refractivity contribution in [1.82, 2.24) is 20.2 Å². The molecule has 1 amide bonds. The highest BCUT2D eigenvalue weighted by Gasteiger charge is 2.48. The Kier molecular flexibility index (Phi) is 5.52. The Morgan fingerprint density at radius 2 is 1.77 bits per heavy atom. The number of ether oxygens (including phenoxy) is 2. The largest absolute Gasteiger partial charge is 0.378 e. The lowest BCUT2D eigenvalue weighted by Crippen LogP contribution is -2.57. The number of anilines is 1. The minimum Gasteiger partial charge on any atom is -0.378 e. The summed E-state index contributed by atoms with van der Waals surface area (Å²) in [6.45, 7) is 5.79. The number of hydrogen-bond acceptors (Lipinski definition) is 7. The molecule has 0 unspecified atom stereocenters. The molecule has 0 aromatic carbocycles. The fourth-order valence-corrected chi connectivity index (χ4v) is 5.81. The molecule has 0 atom stereocenters. The minimum absolute atomic E-state index is 0.00471. The van der Waals surface area contributed by atoms with Gasteiger partial charge < -0.3 is 24.6 Å². The second-order valence-electron chi connectivity index (χ2n) is 9.34. The fourth-order valence-electron chi connectivity index (χ4n) is 5.81. The number of carbonyl (C=O) groups is 1. The van der Waals surface area contributed by atoms with E-state index in [0.29, 0.717) is 45.1 Å². The van der Waals surface area contributed by atoms with E-state index in [9.17, 15) is 9.59 Å². The van der Waals surface area contributed by atoms with Gasteiger partial charge in [0.05, 0.1) is 18.9 Å². The maximum atomic E-state index is 13.4. The van der Waals surface area contributed by atoms with Crippen molar-refractivity contribution in [3.63, 3.8) is 0 Å². The van der Waals surface area contributed by atoms with Crippen molar-refractivity contribution in [3.05, 3.63) is 21.6 Å². The summed E-state index contributed by atoms with van der Waals surface area (Å²) < 4.78 is 11.2. The summed E-state index contributed by atoms with van der Waals surface area (Å²) in [5.74, 6) is 0.789. The molecule has 9 nitrogen and oxygen atoms in total. The standard InChI is InChI=1S/C22H33N5O4/c1-30-22(4-8-23-9-5-22)19(29)26-10-6-21(7-11-26)3-2-16-17(21)24-20(25-18(16)28)27-12-14-31-15-13-27/h23H,2-15H2,1H3,(H,24,25,28). The van der Waals surface area contributed by atoms with Gasteiger partial charge in [0, 0.05) is 44.3 Å². The zero-order valence-electron chi connectivity index (χ0n) is 18.4. The van der Waals surface area contributed by atoms with Crippen molar-refractivity contribution in [2.24, 2.45) is 0 Å². The third-order valence-corrected chi connectivity index (χ3v) is 7.87. The Hall–Kier alpha value is -1.97. The third kappa shape index (κ3) is 3.56. The first kappa shape index (κ1) is 20.9. The maximum absolute atomic E-state index is 13.4. The van der Waals surface area contributed by atoms with Crippen LogP contribution in [-0.4, -0.2) is 86.0 Å². The van der Waals surface area contributed by atoms with Gasteiger partial charge in [-0.15, -0.1) is 0 Å². The Morgan fingerprint density at radius 1 is 1.06 bits per heavy atom. The summed E-state index contributed by atoms with van der Waals surface area (Å²) in [6.07, 6.45) is 4.83. The van der Waals surface area contributed by atoms with E-state index < -0.39 is 5.60 Å². The van der Waals surface area contributed by atoms with E-state index in [4.69, 9.17) is 14.5 Å². The van der Waals surface area contributed by atoms with Gasteiger partial charge in [-0.25, -0.2) is 4.98 Å². The number of piperidine rings is 2. The van der Waals surface area contributed by atoms with Crippen molar-refractivity contribution in [2.75, 3.05) is 64.5 Å². The van der Waals surface area contributed by atoms with Crippen molar-refractivity contribution in [2.45, 2.75) is 49.5 Å². The highest BCUT2D eigenvalue weighted by molar-refractivity contribution is 5.85. The van der Waals surface area contributed by atoms with Gasteiger partial charge in [0.15, 0.2) is 0 Å². The molecule has 1 aliphatic carbocycles. The summed E-state index contributed by atoms with van der Waals surface area (Å²) in [6, 6.07) is 0. The second-order valence-corrected chi connectivity index (χ2v) is 9.34. The van der Waals surface area contributed by atoms with Crippen LogP contribution in [0.5, 0.6) is 0 Å². The van der Waals surface area contributed by atoms with Gasteiger partial charge >= 0.3 is 0 Å². The average molecular weight is 432 g/mol. The summed E-state index contributed by atoms with van der Waals surface area (Å²) in [5.41, 5.74) is 1.00. The molecule has 1 spiro atoms. The van der Waals surface area contributed by atoms with Crippen LogP contribution in [0, 0.1) is 0 Å². The van der Waals surface area contributed by atoms with Crippen LogP contribution in [0.4, 0.5) is 5.95 Å². The third-order valence-electron chi connectivity index (χ3n) is 7.87. The van der Waals surface area contributed by atoms with Crippen molar-refractivity contribution in [1.29, 1.82) is 0 Å². The Morgan fingerprint density at radius 3 is 2.45 bits per heavy atom. The lowest BCUT2D eigenvalue weighted by Gasteiger charge is -2.44. The molecular weight excluding hydrogens is 398 g/mol. The molecule has 0 saturated carbocycles. The number of nitrogens with zero attached hydrogens (tertiary/aromatic N) is 3. The number of amides is 1. The quantitative estimate of drug-likeness (QED) is 0.704. The van der Waals surface area contributed by atoms with Crippen LogP contribution in [0.15, 0.2) is 4.79 Å². The van der Waals surface area contributed by atoms with Gasteiger partial charge in [-0.2, -0.15) is 0 Å². The Balaban J connectivity index is 1.35. The summed E-state index contributed by atoms with van der Waals surface area (Å²) >= 11 is 0. The van der Waals surface area contributed by atoms with Crippen molar-refractivity contribution < 1.29 is 14.3 Å². The molecular formula is C22H33N5O4. The predicted molar refractivity (Wildman–Crippen MR) is 116 cm³/mol. The Labute approximate surface area is 182 Å². The molecule has 5 rings (SSSR count). The van der Waals surface area contributed by atoms with Gasteiger partial charge in [0.2, 0.25) is 5.95 Å². The van der Waals surface area contributed by atoms with Crippen LogP contribution in [0.25, 0.3) is 0 Å². The molecule has 31 heavy (non-hydrogen) atoms. The molecule has 3 saturated heterocycles. The molecule has 2 N–H and O–H groups in total. The van der Waals surface area contributed by atoms with Gasteiger partial charge in [-0.3, -0.25) is 14.6 Å². The molecule has 4 aliphatic rings. The minimum atomic E-state index is -0.692. The molecule has 1 aromatic rings. The molecule has 3 aliphatic heterocycles. The number of morpholine rings is 1. The van der Waals surface area contributed by atoms with Crippen molar-refractivity contribution in [3.8, 4) is 0 Å². The molecule has 1 aromatic heterocycles. The van der Waals surface area contributed by atoms with Crippen LogP contribution >= 0.6 is 0 Å². The van der Waals surface area contributed by atoms with E-state index in [-0.39, 0.29) is 16.9 Å². The van der Waals surface area contributed by atoms with Gasteiger partial charge in [0.1, 0.15) is 5.60 Å². The fraction of sp³-hybridized carbons (Fsp3) is 0.773. The first-order chi connectivity index (χ1) is 15.1. The van der Waals surface area contributed by atoms with E-state index in [1.54, 1.807) is 7.11 Å².